The van der Waals surface area contributed by atoms with E-state index < -0.39 is 0 Å². The molecule has 2 aliphatic rings. The molecule has 0 unspecified atom stereocenters. The molecule has 0 aliphatic heterocycles. The maximum absolute atomic E-state index is 12.2. The number of benzene rings is 1. The number of nitrogens with one attached hydrogen (secondary N) is 1. The number of rotatable bonds is 5. The molecule has 0 bridgehead atoms. The summed E-state index contributed by atoms with van der Waals surface area (Å²) in [4.78, 5) is 12.2. The Balaban J connectivity index is 1.62. The summed E-state index contributed by atoms with van der Waals surface area (Å²) in [5.74, 6) is 2.41. The molecule has 1 aromatic carbocycles. The van der Waals surface area contributed by atoms with Gasteiger partial charge in [0.1, 0.15) is 0 Å². The highest BCUT2D eigenvalue weighted by atomic mass is 35.5. The van der Waals surface area contributed by atoms with Gasteiger partial charge in [0.2, 0.25) is 5.91 Å². The molecule has 1 amide bonds. The lowest BCUT2D eigenvalue weighted by molar-refractivity contribution is -0.117. The second-order valence-electron chi connectivity index (χ2n) is 6.05. The van der Waals surface area contributed by atoms with E-state index in [1.54, 1.807) is 0 Å². The number of anilines is 1. The molecule has 1 aromatic rings. The largest absolute Gasteiger partial charge is 0.326 e. The standard InChI is InChI=1S/C16H20ClNO/c1-10-2-7-13(17)8-15(10)18-16(19)9-14(11-3-4-11)12-5-6-12/h2,7-8,11-12,14H,3-6,9H2,1H3,(H,18,19). The number of aryl methyl sites for hydroxylation is 1. The van der Waals surface area contributed by atoms with Crippen molar-refractivity contribution in [3.05, 3.63) is 28.8 Å². The molecule has 19 heavy (non-hydrogen) atoms. The maximum atomic E-state index is 12.2. The lowest BCUT2D eigenvalue weighted by Crippen LogP contribution is -2.19. The Bertz CT molecular complexity index is 480. The van der Waals surface area contributed by atoms with Crippen molar-refractivity contribution in [2.45, 2.75) is 39.0 Å². The Kier molecular flexibility index (Phi) is 3.53. The Morgan fingerprint density at radius 3 is 2.53 bits per heavy atom. The highest BCUT2D eigenvalue weighted by molar-refractivity contribution is 6.31. The van der Waals surface area contributed by atoms with Crippen LogP contribution in [0.2, 0.25) is 5.02 Å². The lowest BCUT2D eigenvalue weighted by atomic mass is 9.94. The number of hydrogen-bond acceptors (Lipinski definition) is 1. The Morgan fingerprint density at radius 1 is 1.32 bits per heavy atom. The van der Waals surface area contributed by atoms with Crippen LogP contribution in [0.5, 0.6) is 0 Å². The van der Waals surface area contributed by atoms with Crippen LogP contribution in [0.3, 0.4) is 0 Å². The molecule has 0 aromatic heterocycles. The van der Waals surface area contributed by atoms with Crippen LogP contribution in [0.1, 0.15) is 37.7 Å². The van der Waals surface area contributed by atoms with E-state index in [2.05, 4.69) is 5.32 Å². The van der Waals surface area contributed by atoms with Crippen molar-refractivity contribution in [3.8, 4) is 0 Å². The molecule has 2 aliphatic carbocycles. The van der Waals surface area contributed by atoms with Crippen molar-refractivity contribution < 1.29 is 4.79 Å². The quantitative estimate of drug-likeness (QED) is 0.848. The summed E-state index contributed by atoms with van der Waals surface area (Å²) in [7, 11) is 0. The van der Waals surface area contributed by atoms with Gasteiger partial charge in [-0.1, -0.05) is 17.7 Å². The van der Waals surface area contributed by atoms with Crippen LogP contribution in [-0.4, -0.2) is 5.91 Å². The molecule has 0 saturated heterocycles. The van der Waals surface area contributed by atoms with Gasteiger partial charge in [0.05, 0.1) is 0 Å². The summed E-state index contributed by atoms with van der Waals surface area (Å²) in [6.45, 7) is 1.99. The molecule has 3 heteroatoms. The molecule has 0 atom stereocenters. The van der Waals surface area contributed by atoms with Gasteiger partial charge in [0.25, 0.3) is 0 Å². The van der Waals surface area contributed by atoms with Crippen molar-refractivity contribution in [2.75, 3.05) is 5.32 Å². The van der Waals surface area contributed by atoms with Crippen LogP contribution in [-0.2, 0) is 4.79 Å². The van der Waals surface area contributed by atoms with Gasteiger partial charge in [0, 0.05) is 17.1 Å². The maximum Gasteiger partial charge on any atom is 0.224 e. The predicted octanol–water partition coefficient (Wildman–Crippen LogP) is 4.41. The van der Waals surface area contributed by atoms with E-state index in [0.717, 1.165) is 23.1 Å². The van der Waals surface area contributed by atoms with E-state index in [-0.39, 0.29) is 5.91 Å². The van der Waals surface area contributed by atoms with E-state index in [1.807, 2.05) is 25.1 Å². The number of carbonyl (C=O) groups is 1. The molecule has 0 heterocycles. The van der Waals surface area contributed by atoms with Crippen molar-refractivity contribution in [1.82, 2.24) is 0 Å². The van der Waals surface area contributed by atoms with Crippen molar-refractivity contribution >= 4 is 23.2 Å². The van der Waals surface area contributed by atoms with Gasteiger partial charge in [0.15, 0.2) is 0 Å². The Hall–Kier alpha value is -1.02. The first kappa shape index (κ1) is 13.0. The van der Waals surface area contributed by atoms with Crippen LogP contribution in [0.25, 0.3) is 0 Å². The van der Waals surface area contributed by atoms with Gasteiger partial charge in [-0.3, -0.25) is 4.79 Å². The zero-order chi connectivity index (χ0) is 13.4. The van der Waals surface area contributed by atoms with Gasteiger partial charge >= 0.3 is 0 Å². The zero-order valence-electron chi connectivity index (χ0n) is 11.3. The van der Waals surface area contributed by atoms with Gasteiger partial charge in [-0.25, -0.2) is 0 Å². The van der Waals surface area contributed by atoms with Crippen LogP contribution in [0, 0.1) is 24.7 Å². The van der Waals surface area contributed by atoms with E-state index >= 15 is 0 Å². The average Bonchev–Trinajstić information content (AvgIpc) is 3.25. The molecule has 0 radical (unpaired) electrons. The van der Waals surface area contributed by atoms with E-state index in [0.29, 0.717) is 17.4 Å². The molecule has 102 valence electrons. The minimum Gasteiger partial charge on any atom is -0.326 e. The van der Waals surface area contributed by atoms with E-state index in [9.17, 15) is 4.79 Å². The molecular formula is C16H20ClNO. The average molecular weight is 278 g/mol. The van der Waals surface area contributed by atoms with Crippen molar-refractivity contribution in [2.24, 2.45) is 17.8 Å². The zero-order valence-corrected chi connectivity index (χ0v) is 12.0. The molecule has 2 fully saturated rings. The smallest absolute Gasteiger partial charge is 0.224 e. The van der Waals surface area contributed by atoms with Crippen LogP contribution in [0.15, 0.2) is 18.2 Å². The van der Waals surface area contributed by atoms with Crippen LogP contribution in [0.4, 0.5) is 5.69 Å². The molecule has 2 saturated carbocycles. The Morgan fingerprint density at radius 2 is 1.95 bits per heavy atom. The highest BCUT2D eigenvalue weighted by Gasteiger charge is 2.42. The fourth-order valence-electron chi connectivity index (χ4n) is 2.91. The fourth-order valence-corrected chi connectivity index (χ4v) is 3.08. The summed E-state index contributed by atoms with van der Waals surface area (Å²) in [6, 6.07) is 5.62. The normalized spacial score (nSPS) is 18.7. The first-order valence-electron chi connectivity index (χ1n) is 7.19. The summed E-state index contributed by atoms with van der Waals surface area (Å²) < 4.78 is 0. The van der Waals surface area contributed by atoms with Gasteiger partial charge in [-0.2, -0.15) is 0 Å². The first-order chi connectivity index (χ1) is 9.13. The predicted molar refractivity (Wildman–Crippen MR) is 78.4 cm³/mol. The second-order valence-corrected chi connectivity index (χ2v) is 6.49. The number of halogens is 1. The van der Waals surface area contributed by atoms with Gasteiger partial charge in [-0.05, 0) is 68.1 Å². The first-order valence-corrected chi connectivity index (χ1v) is 7.57. The molecule has 3 rings (SSSR count). The highest BCUT2D eigenvalue weighted by Crippen LogP contribution is 2.50. The SMILES string of the molecule is Cc1ccc(Cl)cc1NC(=O)CC(C1CC1)C1CC1. The monoisotopic (exact) mass is 277 g/mol. The summed E-state index contributed by atoms with van der Waals surface area (Å²) in [6.07, 6.45) is 5.98. The van der Waals surface area contributed by atoms with E-state index in [1.165, 1.54) is 25.7 Å². The second kappa shape index (κ2) is 5.16. The van der Waals surface area contributed by atoms with E-state index in [4.69, 9.17) is 11.6 Å². The molecular weight excluding hydrogens is 258 g/mol. The summed E-state index contributed by atoms with van der Waals surface area (Å²) >= 11 is 5.98. The third kappa shape index (κ3) is 3.30. The topological polar surface area (TPSA) is 29.1 Å². The summed E-state index contributed by atoms with van der Waals surface area (Å²) in [5, 5.41) is 3.69. The molecule has 0 spiro atoms. The summed E-state index contributed by atoms with van der Waals surface area (Å²) in [5.41, 5.74) is 1.91. The third-order valence-corrected chi connectivity index (χ3v) is 4.58. The molecule has 2 nitrogen and oxygen atoms in total. The minimum atomic E-state index is 0.147. The minimum absolute atomic E-state index is 0.147. The third-order valence-electron chi connectivity index (χ3n) is 4.35. The van der Waals surface area contributed by atoms with Crippen molar-refractivity contribution in [1.29, 1.82) is 0 Å². The van der Waals surface area contributed by atoms with Crippen LogP contribution < -0.4 is 5.32 Å². The number of hydrogen-bond donors (Lipinski definition) is 1. The van der Waals surface area contributed by atoms with Crippen molar-refractivity contribution in [3.63, 3.8) is 0 Å². The molecule has 1 N–H and O–H groups in total. The lowest BCUT2D eigenvalue weighted by Gasteiger charge is -2.16. The van der Waals surface area contributed by atoms with Gasteiger partial charge in [-0.15, -0.1) is 0 Å². The Labute approximate surface area is 119 Å². The van der Waals surface area contributed by atoms with Crippen LogP contribution >= 0.6 is 11.6 Å². The number of amides is 1. The fraction of sp³-hybridized carbons (Fsp3) is 0.562. The van der Waals surface area contributed by atoms with Gasteiger partial charge < -0.3 is 5.32 Å². The number of carbonyl (C=O) groups excluding carboxylic acids is 1.